The number of carbonyl (C=O) groups excluding carboxylic acids is 1. The summed E-state index contributed by atoms with van der Waals surface area (Å²) in [6.45, 7) is 7.79. The number of ether oxygens (including phenoxy) is 3. The number of rotatable bonds is 3. The van der Waals surface area contributed by atoms with Crippen LogP contribution in [-0.2, 0) is 16.1 Å². The summed E-state index contributed by atoms with van der Waals surface area (Å²) in [5, 5.41) is 13.0. The molecule has 6 heteroatoms. The highest BCUT2D eigenvalue weighted by Gasteiger charge is 2.23. The highest BCUT2D eigenvalue weighted by Crippen LogP contribution is 2.28. The van der Waals surface area contributed by atoms with E-state index in [2.05, 4.69) is 5.32 Å². The summed E-state index contributed by atoms with van der Waals surface area (Å²) in [5.74, 6) is 0.701. The zero-order valence-electron chi connectivity index (χ0n) is 13.4. The van der Waals surface area contributed by atoms with Gasteiger partial charge < -0.3 is 24.6 Å². The van der Waals surface area contributed by atoms with Crippen LogP contribution in [0.25, 0.3) is 0 Å². The molecule has 0 saturated heterocycles. The van der Waals surface area contributed by atoms with E-state index in [1.165, 1.54) is 0 Å². The minimum atomic E-state index is -0.857. The average molecular weight is 309 g/mol. The van der Waals surface area contributed by atoms with Gasteiger partial charge in [-0.05, 0) is 39.3 Å². The van der Waals surface area contributed by atoms with Gasteiger partial charge in [-0.15, -0.1) is 0 Å². The lowest BCUT2D eigenvalue weighted by Gasteiger charge is -2.25. The standard InChI is InChI=1S/C16H23NO5/c1-10(17-15(19)22-16(2,3)4)14(18)11-5-6-12-8-20-9-21-13(12)7-11/h5-7,10,14,18H,8-9H2,1-4H3,(H,17,19)/t10-,14-/m0/s1. The number of aliphatic hydroxyl groups is 1. The summed E-state index contributed by atoms with van der Waals surface area (Å²) < 4.78 is 15.8. The van der Waals surface area contributed by atoms with Gasteiger partial charge in [-0.25, -0.2) is 4.79 Å². The van der Waals surface area contributed by atoms with Crippen molar-refractivity contribution in [2.45, 2.75) is 52.0 Å². The molecular formula is C16H23NO5. The quantitative estimate of drug-likeness (QED) is 0.897. The van der Waals surface area contributed by atoms with Gasteiger partial charge in [0.05, 0.1) is 18.8 Å². The molecule has 0 unspecified atom stereocenters. The predicted molar refractivity (Wildman–Crippen MR) is 80.5 cm³/mol. The molecule has 1 aromatic carbocycles. The van der Waals surface area contributed by atoms with Crippen molar-refractivity contribution in [3.63, 3.8) is 0 Å². The lowest BCUT2D eigenvalue weighted by molar-refractivity contribution is -0.0166. The van der Waals surface area contributed by atoms with Crippen molar-refractivity contribution in [2.24, 2.45) is 0 Å². The van der Waals surface area contributed by atoms with E-state index in [0.29, 0.717) is 17.9 Å². The molecule has 0 radical (unpaired) electrons. The van der Waals surface area contributed by atoms with Crippen LogP contribution in [0.3, 0.4) is 0 Å². The van der Waals surface area contributed by atoms with E-state index in [9.17, 15) is 9.90 Å². The maximum absolute atomic E-state index is 11.8. The van der Waals surface area contributed by atoms with Crippen molar-refractivity contribution < 1.29 is 24.1 Å². The molecule has 1 amide bonds. The normalized spacial score (nSPS) is 17.0. The van der Waals surface area contributed by atoms with Gasteiger partial charge >= 0.3 is 6.09 Å². The lowest BCUT2D eigenvalue weighted by Crippen LogP contribution is -2.40. The van der Waals surface area contributed by atoms with Crippen molar-refractivity contribution in [2.75, 3.05) is 6.79 Å². The van der Waals surface area contributed by atoms with Gasteiger partial charge in [-0.2, -0.15) is 0 Å². The Hall–Kier alpha value is -1.79. The minimum Gasteiger partial charge on any atom is -0.467 e. The maximum atomic E-state index is 11.8. The first-order valence-electron chi connectivity index (χ1n) is 7.27. The van der Waals surface area contributed by atoms with Crippen LogP contribution in [-0.4, -0.2) is 29.6 Å². The third-order valence-corrected chi connectivity index (χ3v) is 3.21. The van der Waals surface area contributed by atoms with Crippen LogP contribution in [0.1, 0.15) is 44.9 Å². The van der Waals surface area contributed by atoms with Crippen LogP contribution in [0.2, 0.25) is 0 Å². The fourth-order valence-electron chi connectivity index (χ4n) is 2.13. The third-order valence-electron chi connectivity index (χ3n) is 3.21. The Kier molecular flexibility index (Phi) is 4.93. The van der Waals surface area contributed by atoms with E-state index in [1.54, 1.807) is 39.8 Å². The molecule has 0 aliphatic carbocycles. The van der Waals surface area contributed by atoms with Gasteiger partial charge in [-0.1, -0.05) is 12.1 Å². The minimum absolute atomic E-state index is 0.207. The first kappa shape index (κ1) is 16.6. The number of fused-ring (bicyclic) bond motifs is 1. The number of alkyl carbamates (subject to hydrolysis) is 1. The van der Waals surface area contributed by atoms with Gasteiger partial charge in [0.15, 0.2) is 6.79 Å². The molecule has 0 bridgehead atoms. The number of amides is 1. The summed E-state index contributed by atoms with van der Waals surface area (Å²) in [5.41, 5.74) is 1.04. The van der Waals surface area contributed by atoms with Crippen LogP contribution < -0.4 is 10.1 Å². The number of aliphatic hydroxyl groups excluding tert-OH is 1. The van der Waals surface area contributed by atoms with Gasteiger partial charge in [0.1, 0.15) is 11.4 Å². The van der Waals surface area contributed by atoms with E-state index in [4.69, 9.17) is 14.2 Å². The predicted octanol–water partition coefficient (Wildman–Crippen LogP) is 2.50. The van der Waals surface area contributed by atoms with E-state index in [-0.39, 0.29) is 6.79 Å². The van der Waals surface area contributed by atoms with Crippen LogP contribution in [0.5, 0.6) is 5.75 Å². The van der Waals surface area contributed by atoms with Crippen molar-refractivity contribution in [3.8, 4) is 5.75 Å². The zero-order chi connectivity index (χ0) is 16.3. The number of hydrogen-bond donors (Lipinski definition) is 2. The van der Waals surface area contributed by atoms with Gasteiger partial charge in [0, 0.05) is 5.56 Å². The van der Waals surface area contributed by atoms with Gasteiger partial charge in [0.2, 0.25) is 0 Å². The second kappa shape index (κ2) is 6.54. The zero-order valence-corrected chi connectivity index (χ0v) is 13.4. The Labute approximate surface area is 130 Å². The van der Waals surface area contributed by atoms with Gasteiger partial charge in [-0.3, -0.25) is 0 Å². The Morgan fingerprint density at radius 1 is 1.41 bits per heavy atom. The molecule has 122 valence electrons. The molecule has 2 N–H and O–H groups in total. The van der Waals surface area contributed by atoms with E-state index >= 15 is 0 Å². The van der Waals surface area contributed by atoms with Crippen LogP contribution in [0.4, 0.5) is 4.79 Å². The van der Waals surface area contributed by atoms with Crippen LogP contribution in [0.15, 0.2) is 18.2 Å². The molecule has 2 rings (SSSR count). The van der Waals surface area contributed by atoms with E-state index in [1.807, 2.05) is 6.07 Å². The van der Waals surface area contributed by atoms with Crippen LogP contribution >= 0.6 is 0 Å². The van der Waals surface area contributed by atoms with Crippen molar-refractivity contribution in [1.82, 2.24) is 5.32 Å². The molecule has 1 aromatic rings. The van der Waals surface area contributed by atoms with Crippen molar-refractivity contribution in [1.29, 1.82) is 0 Å². The topological polar surface area (TPSA) is 77.0 Å². The highest BCUT2D eigenvalue weighted by atomic mass is 16.7. The Morgan fingerprint density at radius 3 is 2.82 bits per heavy atom. The summed E-state index contributed by atoms with van der Waals surface area (Å²) in [6.07, 6.45) is -1.41. The fraction of sp³-hybridized carbons (Fsp3) is 0.562. The molecule has 0 saturated carbocycles. The molecule has 0 spiro atoms. The first-order chi connectivity index (χ1) is 10.3. The average Bonchev–Trinajstić information content (AvgIpc) is 2.43. The summed E-state index contributed by atoms with van der Waals surface area (Å²) in [6, 6.07) is 4.94. The number of hydrogen-bond acceptors (Lipinski definition) is 5. The Balaban J connectivity index is 2.01. The molecule has 2 atom stereocenters. The smallest absolute Gasteiger partial charge is 0.407 e. The molecular weight excluding hydrogens is 286 g/mol. The van der Waals surface area contributed by atoms with E-state index < -0.39 is 23.8 Å². The van der Waals surface area contributed by atoms with Gasteiger partial charge in [0.25, 0.3) is 0 Å². The molecule has 0 fully saturated rings. The summed E-state index contributed by atoms with van der Waals surface area (Å²) in [4.78, 5) is 11.8. The first-order valence-corrected chi connectivity index (χ1v) is 7.27. The molecule has 1 aliphatic rings. The number of carbonyl (C=O) groups is 1. The molecule has 6 nitrogen and oxygen atoms in total. The molecule has 0 aromatic heterocycles. The third kappa shape index (κ3) is 4.35. The largest absolute Gasteiger partial charge is 0.467 e. The monoisotopic (exact) mass is 309 g/mol. The Bertz CT molecular complexity index is 538. The molecule has 22 heavy (non-hydrogen) atoms. The molecule has 1 heterocycles. The highest BCUT2D eigenvalue weighted by molar-refractivity contribution is 5.68. The Morgan fingerprint density at radius 2 is 2.14 bits per heavy atom. The molecule has 1 aliphatic heterocycles. The fourth-order valence-corrected chi connectivity index (χ4v) is 2.13. The number of benzene rings is 1. The lowest BCUT2D eigenvalue weighted by atomic mass is 10.0. The number of nitrogens with one attached hydrogen (secondary N) is 1. The van der Waals surface area contributed by atoms with Crippen molar-refractivity contribution >= 4 is 6.09 Å². The second-order valence-electron chi connectivity index (χ2n) is 6.36. The summed E-state index contributed by atoms with van der Waals surface area (Å²) >= 11 is 0. The van der Waals surface area contributed by atoms with E-state index in [0.717, 1.165) is 5.56 Å². The second-order valence-corrected chi connectivity index (χ2v) is 6.36. The maximum Gasteiger partial charge on any atom is 0.407 e. The summed E-state index contributed by atoms with van der Waals surface area (Å²) in [7, 11) is 0. The SMILES string of the molecule is C[C@H](NC(=O)OC(C)(C)C)[C@H](O)c1ccc2c(c1)OCOC2. The van der Waals surface area contributed by atoms with Crippen molar-refractivity contribution in [3.05, 3.63) is 29.3 Å². The van der Waals surface area contributed by atoms with Crippen LogP contribution in [0, 0.1) is 0 Å².